The van der Waals surface area contributed by atoms with Crippen LogP contribution in [-0.4, -0.2) is 71.9 Å². The average Bonchev–Trinajstić information content (AvgIpc) is 3.15. The zero-order valence-corrected chi connectivity index (χ0v) is 18.0. The van der Waals surface area contributed by atoms with Crippen LogP contribution in [0.1, 0.15) is 31.4 Å². The molecular weight excluding hydrogens is 364 g/mol. The fourth-order valence-corrected chi connectivity index (χ4v) is 3.66. The third-order valence-corrected chi connectivity index (χ3v) is 5.31. The topological polar surface area (TPSA) is 73.6 Å². The molecule has 1 fully saturated rings. The number of likely N-dealkylation sites (N-methyl/N-ethyl adjacent to an activating group) is 1. The highest BCUT2D eigenvalue weighted by Gasteiger charge is 2.21. The molecule has 158 valence electrons. The number of aliphatic imine (C=N–C) groups is 1. The number of guanidine groups is 1. The molecule has 29 heavy (non-hydrogen) atoms. The second-order valence-corrected chi connectivity index (χ2v) is 7.74. The van der Waals surface area contributed by atoms with Gasteiger partial charge in [-0.25, -0.2) is 4.98 Å². The molecule has 1 atom stereocenters. The minimum absolute atomic E-state index is 0.199. The maximum atomic E-state index is 4.88. The molecule has 1 saturated heterocycles. The minimum Gasteiger partial charge on any atom is -0.357 e. The van der Waals surface area contributed by atoms with E-state index >= 15 is 0 Å². The lowest BCUT2D eigenvalue weighted by atomic mass is 10.1. The SMILES string of the molecule is CCNC(=NCC(c1cnn(C)c1)N(C)C)NC1CCN(c2ccccn2)CC1. The van der Waals surface area contributed by atoms with Crippen molar-refractivity contribution in [3.8, 4) is 0 Å². The second-order valence-electron chi connectivity index (χ2n) is 7.74. The first-order chi connectivity index (χ1) is 14.1. The largest absolute Gasteiger partial charge is 0.357 e. The number of pyridine rings is 1. The molecule has 0 amide bonds. The maximum Gasteiger partial charge on any atom is 0.191 e. The molecule has 0 aromatic carbocycles. The van der Waals surface area contributed by atoms with Gasteiger partial charge in [0.05, 0.1) is 18.8 Å². The molecular formula is C21H34N8. The number of piperidine rings is 1. The van der Waals surface area contributed by atoms with Crippen LogP contribution in [0.15, 0.2) is 41.8 Å². The number of aryl methyl sites for hydroxylation is 1. The Bertz CT molecular complexity index is 762. The predicted molar refractivity (Wildman–Crippen MR) is 118 cm³/mol. The summed E-state index contributed by atoms with van der Waals surface area (Å²) in [4.78, 5) is 13.9. The van der Waals surface area contributed by atoms with Crippen molar-refractivity contribution in [3.63, 3.8) is 0 Å². The zero-order chi connectivity index (χ0) is 20.6. The summed E-state index contributed by atoms with van der Waals surface area (Å²) in [6, 6.07) is 6.71. The molecule has 1 unspecified atom stereocenters. The van der Waals surface area contributed by atoms with Gasteiger partial charge in [-0.2, -0.15) is 5.10 Å². The standard InChI is InChI=1S/C21H34N8/c1-5-22-21(24-15-19(27(2)3)17-14-25-28(4)16-17)26-18-9-12-29(13-10-18)20-8-6-7-11-23-20/h6-8,11,14,16,18-19H,5,9-10,12-13,15H2,1-4H3,(H2,22,24,26). The van der Waals surface area contributed by atoms with Crippen LogP contribution in [-0.2, 0) is 7.05 Å². The Morgan fingerprint density at radius 2 is 2.10 bits per heavy atom. The molecule has 0 spiro atoms. The number of hydrogen-bond donors (Lipinski definition) is 2. The molecule has 8 heteroatoms. The van der Waals surface area contributed by atoms with Crippen molar-refractivity contribution >= 4 is 11.8 Å². The molecule has 2 N–H and O–H groups in total. The maximum absolute atomic E-state index is 4.88. The number of anilines is 1. The predicted octanol–water partition coefficient (Wildman–Crippen LogP) is 1.64. The third kappa shape index (κ3) is 5.93. The van der Waals surface area contributed by atoms with Crippen molar-refractivity contribution in [2.24, 2.45) is 12.0 Å². The highest BCUT2D eigenvalue weighted by atomic mass is 15.3. The molecule has 0 saturated carbocycles. The van der Waals surface area contributed by atoms with Crippen LogP contribution < -0.4 is 15.5 Å². The lowest BCUT2D eigenvalue weighted by molar-refractivity contribution is 0.306. The zero-order valence-electron chi connectivity index (χ0n) is 18.0. The van der Waals surface area contributed by atoms with Gasteiger partial charge in [0, 0.05) is 50.7 Å². The summed E-state index contributed by atoms with van der Waals surface area (Å²) >= 11 is 0. The Morgan fingerprint density at radius 1 is 1.31 bits per heavy atom. The molecule has 8 nitrogen and oxygen atoms in total. The first kappa shape index (κ1) is 21.1. The van der Waals surface area contributed by atoms with E-state index in [-0.39, 0.29) is 6.04 Å². The lowest BCUT2D eigenvalue weighted by Crippen LogP contribution is -2.49. The van der Waals surface area contributed by atoms with Gasteiger partial charge in [-0.3, -0.25) is 9.67 Å². The van der Waals surface area contributed by atoms with Gasteiger partial charge in [0.25, 0.3) is 0 Å². The Kier molecular flexibility index (Phi) is 7.46. The van der Waals surface area contributed by atoms with Crippen LogP contribution in [0.4, 0.5) is 5.82 Å². The normalized spacial score (nSPS) is 16.9. The molecule has 2 aromatic heterocycles. The van der Waals surface area contributed by atoms with Crippen molar-refractivity contribution < 1.29 is 0 Å². The monoisotopic (exact) mass is 398 g/mol. The summed E-state index contributed by atoms with van der Waals surface area (Å²) in [5.41, 5.74) is 1.18. The van der Waals surface area contributed by atoms with Crippen LogP contribution in [0.2, 0.25) is 0 Å². The van der Waals surface area contributed by atoms with Gasteiger partial charge >= 0.3 is 0 Å². The highest BCUT2D eigenvalue weighted by molar-refractivity contribution is 5.80. The van der Waals surface area contributed by atoms with Crippen molar-refractivity contribution in [2.45, 2.75) is 31.8 Å². The highest BCUT2D eigenvalue weighted by Crippen LogP contribution is 2.19. The number of hydrogen-bond acceptors (Lipinski definition) is 5. The Labute approximate surface area is 174 Å². The molecule has 0 radical (unpaired) electrons. The van der Waals surface area contributed by atoms with Gasteiger partial charge in [0.2, 0.25) is 0 Å². The summed E-state index contributed by atoms with van der Waals surface area (Å²) < 4.78 is 1.84. The van der Waals surface area contributed by atoms with E-state index in [4.69, 9.17) is 4.99 Å². The second kappa shape index (κ2) is 10.2. The molecule has 1 aliphatic rings. The first-order valence-electron chi connectivity index (χ1n) is 10.4. The summed E-state index contributed by atoms with van der Waals surface area (Å²) in [6.45, 7) is 5.64. The van der Waals surface area contributed by atoms with E-state index in [9.17, 15) is 0 Å². The number of nitrogens with one attached hydrogen (secondary N) is 2. The molecule has 1 aliphatic heterocycles. The van der Waals surface area contributed by atoms with Crippen LogP contribution in [0.25, 0.3) is 0 Å². The fraction of sp³-hybridized carbons (Fsp3) is 0.571. The number of nitrogens with zero attached hydrogens (tertiary/aromatic N) is 6. The van der Waals surface area contributed by atoms with E-state index in [1.165, 1.54) is 5.56 Å². The van der Waals surface area contributed by atoms with Crippen LogP contribution in [0, 0.1) is 0 Å². The quantitative estimate of drug-likeness (QED) is 0.546. The Balaban J connectivity index is 1.58. The van der Waals surface area contributed by atoms with Gasteiger partial charge < -0.3 is 20.4 Å². The lowest BCUT2D eigenvalue weighted by Gasteiger charge is -2.34. The number of aromatic nitrogens is 3. The van der Waals surface area contributed by atoms with Gasteiger partial charge in [-0.1, -0.05) is 6.07 Å². The van der Waals surface area contributed by atoms with E-state index < -0.39 is 0 Å². The third-order valence-electron chi connectivity index (χ3n) is 5.31. The van der Waals surface area contributed by atoms with E-state index in [1.807, 2.05) is 36.3 Å². The van der Waals surface area contributed by atoms with E-state index in [1.54, 1.807) is 0 Å². The van der Waals surface area contributed by atoms with E-state index in [0.717, 1.165) is 44.3 Å². The molecule has 0 bridgehead atoms. The van der Waals surface area contributed by atoms with Crippen molar-refractivity contribution in [3.05, 3.63) is 42.4 Å². The van der Waals surface area contributed by atoms with E-state index in [2.05, 4.69) is 63.8 Å². The van der Waals surface area contributed by atoms with Gasteiger partial charge in [-0.15, -0.1) is 0 Å². The fourth-order valence-electron chi connectivity index (χ4n) is 3.66. The number of rotatable bonds is 7. The Morgan fingerprint density at radius 3 is 2.69 bits per heavy atom. The van der Waals surface area contributed by atoms with Crippen LogP contribution in [0.5, 0.6) is 0 Å². The summed E-state index contributed by atoms with van der Waals surface area (Å²) in [5, 5.41) is 11.3. The smallest absolute Gasteiger partial charge is 0.191 e. The minimum atomic E-state index is 0.199. The summed E-state index contributed by atoms with van der Waals surface area (Å²) in [6.07, 6.45) is 7.99. The van der Waals surface area contributed by atoms with Crippen LogP contribution in [0.3, 0.4) is 0 Å². The van der Waals surface area contributed by atoms with Crippen molar-refractivity contribution in [1.82, 2.24) is 30.3 Å². The van der Waals surface area contributed by atoms with Gasteiger partial charge in [0.15, 0.2) is 5.96 Å². The molecule has 0 aliphatic carbocycles. The van der Waals surface area contributed by atoms with Crippen molar-refractivity contribution in [1.29, 1.82) is 0 Å². The van der Waals surface area contributed by atoms with Crippen molar-refractivity contribution in [2.75, 3.05) is 45.2 Å². The molecule has 3 heterocycles. The molecule has 3 rings (SSSR count). The van der Waals surface area contributed by atoms with Gasteiger partial charge in [-0.05, 0) is 46.0 Å². The summed E-state index contributed by atoms with van der Waals surface area (Å²) in [5.74, 6) is 1.95. The average molecular weight is 399 g/mol. The molecule has 2 aromatic rings. The Hall–Kier alpha value is -2.61. The summed E-state index contributed by atoms with van der Waals surface area (Å²) in [7, 11) is 6.12. The first-order valence-corrected chi connectivity index (χ1v) is 10.4. The van der Waals surface area contributed by atoms with Gasteiger partial charge in [0.1, 0.15) is 5.82 Å². The van der Waals surface area contributed by atoms with Crippen LogP contribution >= 0.6 is 0 Å². The van der Waals surface area contributed by atoms with E-state index in [0.29, 0.717) is 12.6 Å².